The molecule has 0 aliphatic heterocycles. The fraction of sp³-hybridized carbons (Fsp3) is 0.917. The monoisotopic (exact) mass is 285 g/mol. The van der Waals surface area contributed by atoms with E-state index < -0.39 is 13.0 Å². The summed E-state index contributed by atoms with van der Waals surface area (Å²) in [6.07, 6.45) is -1.63. The molecule has 1 atom stereocenters. The molecule has 0 spiro atoms. The van der Waals surface area contributed by atoms with Gasteiger partial charge in [0.15, 0.2) is 0 Å². The molecule has 6 heteroatoms. The van der Waals surface area contributed by atoms with Gasteiger partial charge in [0.25, 0.3) is 6.43 Å². The van der Waals surface area contributed by atoms with Crippen LogP contribution in [0.25, 0.3) is 0 Å². The number of carbonyl (C=O) groups is 1. The molecule has 0 fully saturated rings. The number of amides is 1. The van der Waals surface area contributed by atoms with Gasteiger partial charge in [0.1, 0.15) is 6.61 Å². The summed E-state index contributed by atoms with van der Waals surface area (Å²) in [6.45, 7) is 5.97. The van der Waals surface area contributed by atoms with E-state index in [1.807, 2.05) is 0 Å². The first-order valence-electron chi connectivity index (χ1n) is 5.97. The second-order valence-corrected chi connectivity index (χ2v) is 6.00. The van der Waals surface area contributed by atoms with Crippen molar-refractivity contribution in [1.29, 1.82) is 0 Å². The third-order valence-electron chi connectivity index (χ3n) is 2.07. The third kappa shape index (κ3) is 12.0. The lowest BCUT2D eigenvalue weighted by atomic mass is 9.90. The van der Waals surface area contributed by atoms with Gasteiger partial charge in [-0.3, -0.25) is 4.79 Å². The summed E-state index contributed by atoms with van der Waals surface area (Å²) >= 11 is 6.07. The van der Waals surface area contributed by atoms with Gasteiger partial charge in [-0.1, -0.05) is 20.8 Å². The fourth-order valence-electron chi connectivity index (χ4n) is 1.39. The Kier molecular flexibility index (Phi) is 8.44. The lowest BCUT2D eigenvalue weighted by Gasteiger charge is -2.21. The highest BCUT2D eigenvalue weighted by atomic mass is 35.5. The fourth-order valence-corrected chi connectivity index (χ4v) is 1.93. The number of hydrogen-bond acceptors (Lipinski definition) is 2. The molecular weight excluding hydrogens is 264 g/mol. The van der Waals surface area contributed by atoms with Gasteiger partial charge in [-0.05, 0) is 11.8 Å². The van der Waals surface area contributed by atoms with Crippen LogP contribution in [0.1, 0.15) is 33.6 Å². The Hall–Kier alpha value is -0.420. The van der Waals surface area contributed by atoms with Crippen LogP contribution in [-0.4, -0.2) is 37.5 Å². The first kappa shape index (κ1) is 17.6. The van der Waals surface area contributed by atoms with Gasteiger partial charge < -0.3 is 10.1 Å². The SMILES string of the molecule is CC(C)(C)CC(Cl)CNC(=O)CCOCC(F)F. The highest BCUT2D eigenvalue weighted by Crippen LogP contribution is 2.23. The lowest BCUT2D eigenvalue weighted by molar-refractivity contribution is -0.122. The molecule has 0 aliphatic rings. The molecule has 1 amide bonds. The van der Waals surface area contributed by atoms with Gasteiger partial charge in [-0.2, -0.15) is 0 Å². The van der Waals surface area contributed by atoms with Crippen molar-refractivity contribution in [3.63, 3.8) is 0 Å². The minimum absolute atomic E-state index is 0.00238. The zero-order valence-corrected chi connectivity index (χ0v) is 11.9. The van der Waals surface area contributed by atoms with Crippen LogP contribution in [0.3, 0.4) is 0 Å². The lowest BCUT2D eigenvalue weighted by Crippen LogP contribution is -2.32. The van der Waals surface area contributed by atoms with Crippen molar-refractivity contribution in [1.82, 2.24) is 5.32 Å². The molecule has 0 bridgehead atoms. The minimum Gasteiger partial charge on any atom is -0.375 e. The predicted octanol–water partition coefficient (Wildman–Crippen LogP) is 2.82. The highest BCUT2D eigenvalue weighted by molar-refractivity contribution is 6.20. The molecule has 0 aliphatic carbocycles. The van der Waals surface area contributed by atoms with E-state index in [1.165, 1.54) is 0 Å². The molecule has 0 saturated heterocycles. The average molecular weight is 286 g/mol. The van der Waals surface area contributed by atoms with E-state index in [1.54, 1.807) is 0 Å². The van der Waals surface area contributed by atoms with E-state index in [0.717, 1.165) is 6.42 Å². The average Bonchev–Trinajstić information content (AvgIpc) is 2.19. The number of halogens is 3. The van der Waals surface area contributed by atoms with E-state index in [4.69, 9.17) is 11.6 Å². The van der Waals surface area contributed by atoms with Crippen molar-refractivity contribution in [3.8, 4) is 0 Å². The molecule has 0 rings (SSSR count). The number of ether oxygens (including phenoxy) is 1. The molecule has 0 aromatic carbocycles. The Bertz CT molecular complexity index is 245. The summed E-state index contributed by atoms with van der Waals surface area (Å²) < 4.78 is 28.1. The Morgan fingerprint density at radius 3 is 2.50 bits per heavy atom. The van der Waals surface area contributed by atoms with Gasteiger partial charge >= 0.3 is 0 Å². The van der Waals surface area contributed by atoms with Crippen molar-refractivity contribution >= 4 is 17.5 Å². The number of nitrogens with one attached hydrogen (secondary N) is 1. The summed E-state index contributed by atoms with van der Waals surface area (Å²) in [5.74, 6) is -0.233. The first-order valence-corrected chi connectivity index (χ1v) is 6.41. The third-order valence-corrected chi connectivity index (χ3v) is 2.38. The molecule has 0 radical (unpaired) electrons. The standard InChI is InChI=1S/C12H22ClF2NO2/c1-12(2,3)6-9(13)7-16-11(17)4-5-18-8-10(14)15/h9-10H,4-8H2,1-3H3,(H,16,17). The Morgan fingerprint density at radius 2 is 2.00 bits per heavy atom. The maximum atomic E-state index is 11.7. The number of hydrogen-bond donors (Lipinski definition) is 1. The molecule has 108 valence electrons. The van der Waals surface area contributed by atoms with Crippen LogP contribution >= 0.6 is 11.6 Å². The molecule has 18 heavy (non-hydrogen) atoms. The highest BCUT2D eigenvalue weighted by Gasteiger charge is 2.17. The largest absolute Gasteiger partial charge is 0.375 e. The molecular formula is C12H22ClF2NO2. The molecule has 1 N–H and O–H groups in total. The van der Waals surface area contributed by atoms with E-state index in [-0.39, 0.29) is 29.7 Å². The molecule has 1 unspecified atom stereocenters. The molecule has 0 saturated carbocycles. The first-order chi connectivity index (χ1) is 8.20. The topological polar surface area (TPSA) is 38.3 Å². The Morgan fingerprint density at radius 1 is 1.39 bits per heavy atom. The molecule has 0 heterocycles. The second-order valence-electron chi connectivity index (χ2n) is 5.38. The van der Waals surface area contributed by atoms with Crippen LogP contribution in [0.5, 0.6) is 0 Å². The second kappa shape index (κ2) is 8.64. The maximum Gasteiger partial charge on any atom is 0.261 e. The predicted molar refractivity (Wildman–Crippen MR) is 68.2 cm³/mol. The normalized spacial score (nSPS) is 13.7. The molecule has 3 nitrogen and oxygen atoms in total. The molecule has 0 aromatic heterocycles. The van der Waals surface area contributed by atoms with Crippen LogP contribution in [0.15, 0.2) is 0 Å². The van der Waals surface area contributed by atoms with Crippen LogP contribution in [0.2, 0.25) is 0 Å². The van der Waals surface area contributed by atoms with Gasteiger partial charge in [-0.15, -0.1) is 11.6 Å². The van der Waals surface area contributed by atoms with Gasteiger partial charge in [-0.25, -0.2) is 8.78 Å². The smallest absolute Gasteiger partial charge is 0.261 e. The van der Waals surface area contributed by atoms with E-state index >= 15 is 0 Å². The van der Waals surface area contributed by atoms with Crippen molar-refractivity contribution in [2.75, 3.05) is 19.8 Å². The summed E-state index contributed by atoms with van der Waals surface area (Å²) in [4.78, 5) is 11.3. The van der Waals surface area contributed by atoms with Crippen LogP contribution in [0.4, 0.5) is 8.78 Å². The minimum atomic E-state index is -2.49. The van der Waals surface area contributed by atoms with Crippen molar-refractivity contribution in [3.05, 3.63) is 0 Å². The van der Waals surface area contributed by atoms with E-state index in [2.05, 4.69) is 30.8 Å². The van der Waals surface area contributed by atoms with E-state index in [0.29, 0.717) is 6.54 Å². The van der Waals surface area contributed by atoms with Crippen LogP contribution in [-0.2, 0) is 9.53 Å². The van der Waals surface area contributed by atoms with Gasteiger partial charge in [0, 0.05) is 13.0 Å². The van der Waals surface area contributed by atoms with Crippen molar-refractivity contribution in [2.45, 2.75) is 45.4 Å². The van der Waals surface area contributed by atoms with Crippen LogP contribution < -0.4 is 5.32 Å². The van der Waals surface area contributed by atoms with Gasteiger partial charge in [0.2, 0.25) is 5.91 Å². The Balaban J connectivity index is 3.58. The summed E-state index contributed by atoms with van der Waals surface area (Å²) in [7, 11) is 0. The van der Waals surface area contributed by atoms with E-state index in [9.17, 15) is 13.6 Å². The summed E-state index contributed by atoms with van der Waals surface area (Å²) in [5, 5.41) is 2.53. The number of carbonyl (C=O) groups excluding carboxylic acids is 1. The molecule has 0 aromatic rings. The quantitative estimate of drug-likeness (QED) is 0.550. The van der Waals surface area contributed by atoms with Crippen molar-refractivity contribution in [2.24, 2.45) is 5.41 Å². The number of rotatable bonds is 8. The summed E-state index contributed by atoms with van der Waals surface area (Å²) in [5.41, 5.74) is 0.109. The van der Waals surface area contributed by atoms with Crippen LogP contribution in [0, 0.1) is 5.41 Å². The zero-order valence-electron chi connectivity index (χ0n) is 11.1. The Labute approximate surface area is 112 Å². The van der Waals surface area contributed by atoms with Gasteiger partial charge in [0.05, 0.1) is 12.0 Å². The zero-order chi connectivity index (χ0) is 14.2. The summed E-state index contributed by atoms with van der Waals surface area (Å²) in [6, 6.07) is 0. The maximum absolute atomic E-state index is 11.7. The number of alkyl halides is 3. The van der Waals surface area contributed by atoms with Crippen molar-refractivity contribution < 1.29 is 18.3 Å².